The van der Waals surface area contributed by atoms with Crippen LogP contribution in [0.15, 0.2) is 59.2 Å². The van der Waals surface area contributed by atoms with Gasteiger partial charge in [-0.15, -0.1) is 0 Å². The molecule has 0 unspecified atom stereocenters. The SMILES string of the molecule is NC(=O)[C@@H]1CNC(=O)/C=C\CCCC(=O)NC2CCC(CC2)C(=O)N[C@@H](Cc2ccco2)C(=O)NCc2ccccc2CC(=O)N1. The maximum atomic E-state index is 13.4. The monoisotopic (exact) mass is 634 g/mol. The maximum Gasteiger partial charge on any atom is 0.243 e. The lowest BCUT2D eigenvalue weighted by molar-refractivity contribution is -0.132. The number of furan rings is 1. The topological polar surface area (TPSA) is 202 Å². The van der Waals surface area contributed by atoms with E-state index in [2.05, 4.69) is 26.6 Å². The van der Waals surface area contributed by atoms with Gasteiger partial charge < -0.3 is 36.7 Å². The summed E-state index contributed by atoms with van der Waals surface area (Å²) < 4.78 is 5.45. The van der Waals surface area contributed by atoms with Gasteiger partial charge in [0.15, 0.2) is 0 Å². The predicted molar refractivity (Wildman–Crippen MR) is 167 cm³/mol. The van der Waals surface area contributed by atoms with Crippen LogP contribution in [0.5, 0.6) is 0 Å². The zero-order valence-electron chi connectivity index (χ0n) is 25.7. The smallest absolute Gasteiger partial charge is 0.243 e. The Bertz CT molecular complexity index is 1420. The summed E-state index contributed by atoms with van der Waals surface area (Å²) in [6.07, 6.45) is 8.28. The highest BCUT2D eigenvalue weighted by atomic mass is 16.3. The van der Waals surface area contributed by atoms with Crippen molar-refractivity contribution in [1.82, 2.24) is 26.6 Å². The van der Waals surface area contributed by atoms with Crippen LogP contribution in [-0.2, 0) is 48.2 Å². The van der Waals surface area contributed by atoms with Gasteiger partial charge in [0.1, 0.15) is 17.8 Å². The van der Waals surface area contributed by atoms with Crippen LogP contribution in [0.2, 0.25) is 0 Å². The second-order valence-electron chi connectivity index (χ2n) is 11.7. The summed E-state index contributed by atoms with van der Waals surface area (Å²) in [7, 11) is 0. The van der Waals surface area contributed by atoms with Crippen molar-refractivity contribution in [3.8, 4) is 0 Å². The van der Waals surface area contributed by atoms with Crippen molar-refractivity contribution in [3.63, 3.8) is 0 Å². The summed E-state index contributed by atoms with van der Waals surface area (Å²) in [6.45, 7) is -0.116. The molecule has 46 heavy (non-hydrogen) atoms. The van der Waals surface area contributed by atoms with Gasteiger partial charge in [0, 0.05) is 37.9 Å². The number of amides is 6. The molecule has 5 rings (SSSR count). The van der Waals surface area contributed by atoms with E-state index < -0.39 is 35.7 Å². The number of rotatable bonds is 3. The molecule has 1 aliphatic carbocycles. The van der Waals surface area contributed by atoms with E-state index >= 15 is 0 Å². The fourth-order valence-corrected chi connectivity index (χ4v) is 5.61. The van der Waals surface area contributed by atoms with E-state index in [1.165, 1.54) is 12.3 Å². The van der Waals surface area contributed by atoms with Crippen LogP contribution in [0.25, 0.3) is 0 Å². The van der Waals surface area contributed by atoms with Gasteiger partial charge in [0.2, 0.25) is 35.4 Å². The molecule has 0 saturated heterocycles. The van der Waals surface area contributed by atoms with Gasteiger partial charge in [-0.25, -0.2) is 0 Å². The van der Waals surface area contributed by atoms with Crippen molar-refractivity contribution in [2.75, 3.05) is 6.54 Å². The molecular weight excluding hydrogens is 592 g/mol. The van der Waals surface area contributed by atoms with E-state index in [-0.39, 0.29) is 56.1 Å². The third-order valence-electron chi connectivity index (χ3n) is 8.21. The quantitative estimate of drug-likeness (QED) is 0.285. The Morgan fingerprint density at radius 2 is 1.61 bits per heavy atom. The lowest BCUT2D eigenvalue weighted by atomic mass is 9.85. The summed E-state index contributed by atoms with van der Waals surface area (Å²) in [5.74, 6) is -2.25. The summed E-state index contributed by atoms with van der Waals surface area (Å²) in [5, 5.41) is 13.9. The highest BCUT2D eigenvalue weighted by molar-refractivity contribution is 5.91. The predicted octanol–water partition coefficient (Wildman–Crippen LogP) is 0.667. The Hall–Kier alpha value is -4.94. The molecule has 7 N–H and O–H groups in total. The van der Waals surface area contributed by atoms with Crippen LogP contribution in [-0.4, -0.2) is 60.1 Å². The molecule has 1 aromatic heterocycles. The maximum absolute atomic E-state index is 13.4. The van der Waals surface area contributed by atoms with Gasteiger partial charge in [0.25, 0.3) is 0 Å². The fraction of sp³-hybridized carbons (Fsp3) is 0.455. The number of primary amides is 1. The molecule has 3 aliphatic rings. The van der Waals surface area contributed by atoms with Crippen LogP contribution in [0, 0.1) is 5.92 Å². The van der Waals surface area contributed by atoms with Crippen molar-refractivity contribution in [2.45, 2.75) is 82.5 Å². The molecule has 2 atom stereocenters. The number of carbonyl (C=O) groups is 6. The highest BCUT2D eigenvalue weighted by Crippen LogP contribution is 2.25. The summed E-state index contributed by atoms with van der Waals surface area (Å²) in [4.78, 5) is 76.3. The van der Waals surface area contributed by atoms with E-state index in [1.54, 1.807) is 42.5 Å². The molecule has 3 heterocycles. The minimum absolute atomic E-state index is 0.0302. The number of nitrogens with one attached hydrogen (secondary N) is 5. The standard InChI is InChI=1S/C33H42N6O7/c34-31(43)27-20-35-28(40)10-2-1-3-11-29(41)37-24-14-12-21(13-15-24)32(44)39-26(18-25-9-6-16-46-25)33(45)36-19-23-8-5-4-7-22(23)17-30(42)38-27/h2,4-10,16,21,24,26-27H,1,3,11-15,17-20H2,(H2,34,43)(H,35,40)(H,36,45)(H,37,41)(H,38,42)(H,39,44)/b10-2-/t21?,24?,26-,27-/m0/s1. The summed E-state index contributed by atoms with van der Waals surface area (Å²) in [6, 6.07) is 8.42. The molecule has 2 aliphatic heterocycles. The van der Waals surface area contributed by atoms with Gasteiger partial charge in [-0.2, -0.15) is 0 Å². The molecule has 1 fully saturated rings. The average molecular weight is 635 g/mol. The van der Waals surface area contributed by atoms with Crippen LogP contribution in [0.1, 0.15) is 61.8 Å². The van der Waals surface area contributed by atoms with E-state index in [0.29, 0.717) is 55.4 Å². The minimum Gasteiger partial charge on any atom is -0.469 e. The first-order chi connectivity index (χ1) is 22.2. The van der Waals surface area contributed by atoms with Gasteiger partial charge >= 0.3 is 0 Å². The molecule has 13 heteroatoms. The number of hydrogen-bond acceptors (Lipinski definition) is 7. The van der Waals surface area contributed by atoms with E-state index in [9.17, 15) is 28.8 Å². The molecule has 0 spiro atoms. The zero-order chi connectivity index (χ0) is 32.9. The van der Waals surface area contributed by atoms with Gasteiger partial charge in [0.05, 0.1) is 12.7 Å². The normalized spacial score (nSPS) is 25.2. The van der Waals surface area contributed by atoms with E-state index in [1.807, 2.05) is 0 Å². The Morgan fingerprint density at radius 1 is 0.848 bits per heavy atom. The van der Waals surface area contributed by atoms with Crippen LogP contribution < -0.4 is 32.3 Å². The molecule has 6 amide bonds. The van der Waals surface area contributed by atoms with Crippen LogP contribution in [0.3, 0.4) is 0 Å². The lowest BCUT2D eigenvalue weighted by Crippen LogP contribution is -2.51. The number of carbonyl (C=O) groups excluding carboxylic acids is 6. The number of hydrogen-bond donors (Lipinski definition) is 6. The molecule has 1 saturated carbocycles. The van der Waals surface area contributed by atoms with Crippen molar-refractivity contribution < 1.29 is 33.2 Å². The highest BCUT2D eigenvalue weighted by Gasteiger charge is 2.30. The molecule has 246 valence electrons. The van der Waals surface area contributed by atoms with E-state index in [4.69, 9.17) is 10.2 Å². The number of nitrogens with two attached hydrogens (primary N) is 1. The number of fused-ring (bicyclic) bond motifs is 19. The van der Waals surface area contributed by atoms with Gasteiger partial charge in [-0.1, -0.05) is 30.3 Å². The summed E-state index contributed by atoms with van der Waals surface area (Å²) >= 11 is 0. The fourth-order valence-electron chi connectivity index (χ4n) is 5.61. The first kappa shape index (κ1) is 33.9. The molecule has 13 nitrogen and oxygen atoms in total. The average Bonchev–Trinajstić information content (AvgIpc) is 3.55. The third-order valence-corrected chi connectivity index (χ3v) is 8.21. The Kier molecular flexibility index (Phi) is 12.5. The van der Waals surface area contributed by atoms with Crippen molar-refractivity contribution in [1.29, 1.82) is 0 Å². The molecule has 2 bridgehead atoms. The second kappa shape index (κ2) is 16.9. The third kappa shape index (κ3) is 10.6. The van der Waals surface area contributed by atoms with Crippen molar-refractivity contribution in [3.05, 3.63) is 71.7 Å². The van der Waals surface area contributed by atoms with Gasteiger partial charge in [-0.3, -0.25) is 28.8 Å². The summed E-state index contributed by atoms with van der Waals surface area (Å²) in [5.41, 5.74) is 6.76. The second-order valence-corrected chi connectivity index (χ2v) is 11.7. The van der Waals surface area contributed by atoms with E-state index in [0.717, 1.165) is 0 Å². The molecule has 1 aromatic carbocycles. The Morgan fingerprint density at radius 3 is 2.33 bits per heavy atom. The molecular formula is C33H42N6O7. The van der Waals surface area contributed by atoms with Crippen LogP contribution >= 0.6 is 0 Å². The Balaban J connectivity index is 1.49. The number of allylic oxidation sites excluding steroid dienone is 1. The van der Waals surface area contributed by atoms with Crippen molar-refractivity contribution in [2.24, 2.45) is 11.7 Å². The van der Waals surface area contributed by atoms with Gasteiger partial charge in [-0.05, 0) is 67.9 Å². The largest absolute Gasteiger partial charge is 0.469 e. The minimum atomic E-state index is -1.14. The number of benzene rings is 1. The molecule has 2 aromatic rings. The van der Waals surface area contributed by atoms with Crippen molar-refractivity contribution >= 4 is 35.4 Å². The zero-order valence-corrected chi connectivity index (χ0v) is 25.7. The lowest BCUT2D eigenvalue weighted by Gasteiger charge is -2.29. The first-order valence-electron chi connectivity index (χ1n) is 15.7. The Labute approximate surface area is 267 Å². The first-order valence-corrected chi connectivity index (χ1v) is 15.7. The molecule has 0 radical (unpaired) electrons. The van der Waals surface area contributed by atoms with Crippen LogP contribution in [0.4, 0.5) is 0 Å².